The smallest absolute Gasteiger partial charge is 0.222 e. The van der Waals surface area contributed by atoms with Crippen LogP contribution in [-0.2, 0) is 0 Å². The normalized spacial score (nSPS) is 9.56. The zero-order valence-electron chi connectivity index (χ0n) is 8.61. The third-order valence-electron chi connectivity index (χ3n) is 1.36. The minimum atomic E-state index is 0.0903. The number of anilines is 2. The Balaban J connectivity index is 0.000000180. The fraction of sp³-hybridized carbons (Fsp3) is 0. The van der Waals surface area contributed by atoms with E-state index in [9.17, 15) is 0 Å². The summed E-state index contributed by atoms with van der Waals surface area (Å²) >= 11 is 21.7. The molecule has 0 amide bonds. The van der Waals surface area contributed by atoms with E-state index < -0.39 is 0 Å². The summed E-state index contributed by atoms with van der Waals surface area (Å²) in [6.07, 6.45) is 0. The second-order valence-corrected chi connectivity index (χ2v) is 4.29. The van der Waals surface area contributed by atoms with Crippen molar-refractivity contribution in [2.24, 2.45) is 0 Å². The molecule has 0 aliphatic carbocycles. The molecule has 0 saturated heterocycles. The van der Waals surface area contributed by atoms with Gasteiger partial charge in [-0.1, -0.05) is 46.4 Å². The Kier molecular flexibility index (Phi) is 5.61. The SMILES string of the molecule is Nc1nc(Cl)cc(Cl)n1.Nc1nc(Cl)cc(Cl)n1. The average Bonchev–Trinajstić information content (AvgIpc) is 2.12. The van der Waals surface area contributed by atoms with Crippen LogP contribution in [0.2, 0.25) is 20.6 Å². The molecule has 0 spiro atoms. The first-order valence-corrected chi connectivity index (χ1v) is 5.79. The van der Waals surface area contributed by atoms with Crippen molar-refractivity contribution in [1.82, 2.24) is 19.9 Å². The van der Waals surface area contributed by atoms with Gasteiger partial charge in [-0.05, 0) is 0 Å². The van der Waals surface area contributed by atoms with Gasteiger partial charge in [-0.25, -0.2) is 19.9 Å². The summed E-state index contributed by atoms with van der Waals surface area (Å²) < 4.78 is 0. The van der Waals surface area contributed by atoms with Crippen LogP contribution in [0.25, 0.3) is 0 Å². The molecule has 18 heavy (non-hydrogen) atoms. The summed E-state index contributed by atoms with van der Waals surface area (Å²) in [5.41, 5.74) is 10.3. The van der Waals surface area contributed by atoms with Crippen LogP contribution in [0.15, 0.2) is 12.1 Å². The molecule has 0 aliphatic rings. The molecule has 0 aliphatic heterocycles. The highest BCUT2D eigenvalue weighted by Crippen LogP contribution is 2.12. The van der Waals surface area contributed by atoms with Gasteiger partial charge in [0.05, 0.1) is 0 Å². The van der Waals surface area contributed by atoms with Crippen molar-refractivity contribution in [2.75, 3.05) is 11.5 Å². The topological polar surface area (TPSA) is 104 Å². The van der Waals surface area contributed by atoms with Crippen molar-refractivity contribution in [3.05, 3.63) is 32.7 Å². The quantitative estimate of drug-likeness (QED) is 0.721. The van der Waals surface area contributed by atoms with E-state index in [1.54, 1.807) is 0 Å². The van der Waals surface area contributed by atoms with Gasteiger partial charge in [0, 0.05) is 12.1 Å². The van der Waals surface area contributed by atoms with Gasteiger partial charge in [-0.3, -0.25) is 0 Å². The Morgan fingerprint density at radius 3 is 1.00 bits per heavy atom. The zero-order valence-corrected chi connectivity index (χ0v) is 11.6. The molecule has 6 nitrogen and oxygen atoms in total. The first-order chi connectivity index (χ1) is 8.36. The molecule has 0 bridgehead atoms. The maximum Gasteiger partial charge on any atom is 0.222 e. The van der Waals surface area contributed by atoms with Crippen LogP contribution in [0.1, 0.15) is 0 Å². The fourth-order valence-corrected chi connectivity index (χ4v) is 1.68. The molecule has 96 valence electrons. The molecule has 0 fully saturated rings. The van der Waals surface area contributed by atoms with Crippen LogP contribution in [0.5, 0.6) is 0 Å². The van der Waals surface area contributed by atoms with Gasteiger partial charge in [0.25, 0.3) is 0 Å². The summed E-state index contributed by atoms with van der Waals surface area (Å²) in [7, 11) is 0. The Hall–Kier alpha value is -1.08. The number of hydrogen-bond donors (Lipinski definition) is 2. The van der Waals surface area contributed by atoms with Gasteiger partial charge in [-0.15, -0.1) is 0 Å². The zero-order chi connectivity index (χ0) is 13.7. The number of nitrogens with two attached hydrogens (primary N) is 2. The van der Waals surface area contributed by atoms with E-state index in [-0.39, 0.29) is 32.5 Å². The third-order valence-corrected chi connectivity index (χ3v) is 2.14. The lowest BCUT2D eigenvalue weighted by atomic mass is 10.7. The van der Waals surface area contributed by atoms with E-state index in [0.29, 0.717) is 0 Å². The Morgan fingerprint density at radius 1 is 0.611 bits per heavy atom. The number of hydrogen-bond acceptors (Lipinski definition) is 6. The van der Waals surface area contributed by atoms with Gasteiger partial charge in [0.1, 0.15) is 20.6 Å². The maximum atomic E-state index is 5.43. The van der Waals surface area contributed by atoms with Crippen molar-refractivity contribution in [2.45, 2.75) is 0 Å². The van der Waals surface area contributed by atoms with Crippen LogP contribution in [0.3, 0.4) is 0 Å². The summed E-state index contributed by atoms with van der Waals surface area (Å²) in [6.45, 7) is 0. The molecular weight excluding hydrogens is 322 g/mol. The third kappa shape index (κ3) is 5.50. The van der Waals surface area contributed by atoms with Gasteiger partial charge in [0.2, 0.25) is 11.9 Å². The minimum absolute atomic E-state index is 0.0903. The lowest BCUT2D eigenvalue weighted by molar-refractivity contribution is 1.19. The van der Waals surface area contributed by atoms with Crippen molar-refractivity contribution >= 4 is 58.3 Å². The highest BCUT2D eigenvalue weighted by atomic mass is 35.5. The summed E-state index contributed by atoms with van der Waals surface area (Å²) in [5, 5.41) is 1.03. The lowest BCUT2D eigenvalue weighted by Gasteiger charge is -1.91. The largest absolute Gasteiger partial charge is 0.368 e. The summed E-state index contributed by atoms with van der Waals surface area (Å²) in [4.78, 5) is 14.3. The van der Waals surface area contributed by atoms with E-state index >= 15 is 0 Å². The molecule has 4 N–H and O–H groups in total. The molecule has 2 heterocycles. The van der Waals surface area contributed by atoms with Crippen LogP contribution in [0, 0.1) is 0 Å². The fourth-order valence-electron chi connectivity index (χ4n) is 0.813. The summed E-state index contributed by atoms with van der Waals surface area (Å²) in [5.74, 6) is 0.181. The van der Waals surface area contributed by atoms with Crippen molar-refractivity contribution in [3.63, 3.8) is 0 Å². The molecule has 0 saturated carbocycles. The van der Waals surface area contributed by atoms with Crippen molar-refractivity contribution in [1.29, 1.82) is 0 Å². The van der Waals surface area contributed by atoms with Crippen LogP contribution >= 0.6 is 46.4 Å². The first-order valence-electron chi connectivity index (χ1n) is 4.28. The number of halogens is 4. The Bertz CT molecular complexity index is 399. The second-order valence-electron chi connectivity index (χ2n) is 2.74. The second kappa shape index (κ2) is 6.75. The monoisotopic (exact) mass is 326 g/mol. The van der Waals surface area contributed by atoms with Gasteiger partial charge >= 0.3 is 0 Å². The molecular formula is C8H6Cl4N6. The number of rotatable bonds is 0. The van der Waals surface area contributed by atoms with E-state index in [1.807, 2.05) is 0 Å². The van der Waals surface area contributed by atoms with Crippen molar-refractivity contribution < 1.29 is 0 Å². The van der Waals surface area contributed by atoms with Crippen LogP contribution in [0.4, 0.5) is 11.9 Å². The van der Waals surface area contributed by atoms with Crippen LogP contribution < -0.4 is 11.5 Å². The molecule has 10 heteroatoms. The molecule has 2 rings (SSSR count). The minimum Gasteiger partial charge on any atom is -0.368 e. The van der Waals surface area contributed by atoms with Gasteiger partial charge in [-0.2, -0.15) is 0 Å². The average molecular weight is 328 g/mol. The lowest BCUT2D eigenvalue weighted by Crippen LogP contribution is -1.93. The molecule has 0 aromatic carbocycles. The van der Waals surface area contributed by atoms with E-state index in [1.165, 1.54) is 12.1 Å². The van der Waals surface area contributed by atoms with E-state index in [2.05, 4.69) is 19.9 Å². The Labute approximate surface area is 122 Å². The van der Waals surface area contributed by atoms with Gasteiger partial charge < -0.3 is 11.5 Å². The van der Waals surface area contributed by atoms with Gasteiger partial charge in [0.15, 0.2) is 0 Å². The highest BCUT2D eigenvalue weighted by molar-refractivity contribution is 6.33. The molecule has 0 radical (unpaired) electrons. The van der Waals surface area contributed by atoms with Crippen molar-refractivity contribution in [3.8, 4) is 0 Å². The highest BCUT2D eigenvalue weighted by Gasteiger charge is 1.95. The van der Waals surface area contributed by atoms with E-state index in [0.717, 1.165) is 0 Å². The molecule has 0 unspecified atom stereocenters. The molecule has 2 aromatic heterocycles. The predicted molar refractivity (Wildman–Crippen MR) is 72.9 cm³/mol. The molecule has 2 aromatic rings. The molecule has 0 atom stereocenters. The number of aromatic nitrogens is 4. The summed E-state index contributed by atoms with van der Waals surface area (Å²) in [6, 6.07) is 2.83. The Morgan fingerprint density at radius 2 is 0.833 bits per heavy atom. The standard InChI is InChI=1S/2C4H3Cl2N3/c2*5-2-1-3(6)9-4(7)8-2/h2*1H,(H2,7,8,9). The predicted octanol–water partition coefficient (Wildman–Crippen LogP) is 2.73. The number of nitrogen functional groups attached to an aromatic ring is 2. The first kappa shape index (κ1) is 15.0. The van der Waals surface area contributed by atoms with E-state index in [4.69, 9.17) is 57.9 Å². The van der Waals surface area contributed by atoms with Crippen LogP contribution in [-0.4, -0.2) is 19.9 Å². The number of nitrogens with zero attached hydrogens (tertiary/aromatic N) is 4. The maximum absolute atomic E-state index is 5.43.